The minimum Gasteiger partial charge on any atom is -0.487 e. The highest BCUT2D eigenvalue weighted by Crippen LogP contribution is 2.32. The minimum atomic E-state index is -0.0622. The van der Waals surface area contributed by atoms with Crippen molar-refractivity contribution in [2.45, 2.75) is 31.9 Å². The van der Waals surface area contributed by atoms with E-state index in [4.69, 9.17) is 4.74 Å². The number of para-hydroxylation sites is 1. The van der Waals surface area contributed by atoms with Gasteiger partial charge in [-0.15, -0.1) is 11.3 Å². The number of amides is 1. The highest BCUT2D eigenvalue weighted by Gasteiger charge is 2.32. The van der Waals surface area contributed by atoms with E-state index < -0.39 is 0 Å². The third-order valence-electron chi connectivity index (χ3n) is 5.47. The number of pyridine rings is 1. The topological polar surface area (TPSA) is 73.1 Å². The highest BCUT2D eigenvalue weighted by atomic mass is 32.1. The number of hydrogen-bond donors (Lipinski definition) is 0. The van der Waals surface area contributed by atoms with Gasteiger partial charge < -0.3 is 9.64 Å². The Morgan fingerprint density at radius 2 is 1.93 bits per heavy atom. The first-order valence-corrected chi connectivity index (χ1v) is 10.8. The molecule has 1 aliphatic rings. The van der Waals surface area contributed by atoms with Crippen LogP contribution in [0.3, 0.4) is 0 Å². The van der Waals surface area contributed by atoms with Crippen molar-refractivity contribution >= 4 is 27.5 Å². The third-order valence-corrected chi connectivity index (χ3v) is 6.39. The van der Waals surface area contributed by atoms with E-state index in [-0.39, 0.29) is 18.1 Å². The van der Waals surface area contributed by atoms with Crippen molar-refractivity contribution in [3.63, 3.8) is 0 Å². The lowest BCUT2D eigenvalue weighted by molar-refractivity contribution is 0.0388. The molecule has 152 valence electrons. The summed E-state index contributed by atoms with van der Waals surface area (Å²) in [7, 11) is 0. The van der Waals surface area contributed by atoms with Crippen LogP contribution in [-0.4, -0.2) is 49.5 Å². The number of piperidine rings is 1. The molecule has 0 spiro atoms. The number of carbonyl (C=O) groups excluding carboxylic acids is 1. The molecule has 0 radical (unpaired) electrons. The maximum Gasteiger partial charge on any atom is 0.256 e. The maximum absolute atomic E-state index is 13.5. The van der Waals surface area contributed by atoms with Gasteiger partial charge in [0.25, 0.3) is 5.91 Å². The number of benzene rings is 1. The van der Waals surface area contributed by atoms with Crippen LogP contribution < -0.4 is 4.74 Å². The zero-order valence-corrected chi connectivity index (χ0v) is 17.3. The number of likely N-dealkylation sites (tertiary alicyclic amines) is 1. The summed E-state index contributed by atoms with van der Waals surface area (Å²) in [5.41, 5.74) is 2.21. The lowest BCUT2D eigenvalue weighted by Crippen LogP contribution is -2.49. The molecule has 7 nitrogen and oxygen atoms in total. The van der Waals surface area contributed by atoms with Gasteiger partial charge in [-0.05, 0) is 49.4 Å². The van der Waals surface area contributed by atoms with E-state index in [1.165, 1.54) is 4.80 Å². The fraction of sp³-hybridized carbons (Fsp3) is 0.273. The van der Waals surface area contributed by atoms with Gasteiger partial charge in [0.2, 0.25) is 0 Å². The summed E-state index contributed by atoms with van der Waals surface area (Å²) in [5, 5.41) is 10.4. The summed E-state index contributed by atoms with van der Waals surface area (Å²) in [6, 6.07) is 11.5. The molecule has 4 heterocycles. The molecule has 0 bridgehead atoms. The molecule has 1 aromatic carbocycles. The number of nitrogens with zero attached hydrogens (tertiary/aromatic N) is 5. The molecule has 8 heteroatoms. The molecule has 5 rings (SSSR count). The molecule has 30 heavy (non-hydrogen) atoms. The number of ether oxygens (including phenoxy) is 1. The van der Waals surface area contributed by atoms with Crippen molar-refractivity contribution in [1.82, 2.24) is 24.9 Å². The van der Waals surface area contributed by atoms with Crippen molar-refractivity contribution in [2.24, 2.45) is 0 Å². The standard InChI is InChI=1S/C22H21N5O2S/c1-15-6-7-16(29-20-8-10-23-18-9-13-30-21(18)20)14-26(15)22(28)17-4-2-3-5-19(17)27-24-11-12-25-27/h2-5,8-13,15-16H,6-7,14H2,1H3/t15-,16-/m0/s1. The molecule has 1 fully saturated rings. The van der Waals surface area contributed by atoms with Crippen molar-refractivity contribution in [2.75, 3.05) is 6.54 Å². The van der Waals surface area contributed by atoms with E-state index in [1.54, 1.807) is 29.9 Å². The van der Waals surface area contributed by atoms with E-state index in [0.717, 1.165) is 28.8 Å². The fourth-order valence-electron chi connectivity index (χ4n) is 3.90. The lowest BCUT2D eigenvalue weighted by atomic mass is 9.99. The second kappa shape index (κ2) is 7.87. The van der Waals surface area contributed by atoms with E-state index >= 15 is 0 Å². The van der Waals surface area contributed by atoms with E-state index in [1.807, 2.05) is 46.7 Å². The molecule has 0 unspecified atom stereocenters. The zero-order chi connectivity index (χ0) is 20.5. The van der Waals surface area contributed by atoms with Gasteiger partial charge >= 0.3 is 0 Å². The third kappa shape index (κ3) is 3.43. The number of carbonyl (C=O) groups is 1. The Labute approximate surface area is 177 Å². The van der Waals surface area contributed by atoms with Gasteiger partial charge in [0, 0.05) is 12.2 Å². The van der Waals surface area contributed by atoms with Gasteiger partial charge in [-0.1, -0.05) is 12.1 Å². The van der Waals surface area contributed by atoms with Crippen LogP contribution in [0.5, 0.6) is 5.75 Å². The Kier molecular flexibility index (Phi) is 4.92. The molecule has 3 aromatic heterocycles. The number of thiophene rings is 1. The lowest BCUT2D eigenvalue weighted by Gasteiger charge is -2.38. The van der Waals surface area contributed by atoms with Gasteiger partial charge in [0.1, 0.15) is 11.9 Å². The Hall–Kier alpha value is -3.26. The van der Waals surface area contributed by atoms with Crippen molar-refractivity contribution in [3.8, 4) is 11.4 Å². The van der Waals surface area contributed by atoms with Crippen molar-refractivity contribution < 1.29 is 9.53 Å². The second-order valence-corrected chi connectivity index (χ2v) is 8.32. The van der Waals surface area contributed by atoms with Crippen molar-refractivity contribution in [1.29, 1.82) is 0 Å². The van der Waals surface area contributed by atoms with Gasteiger partial charge in [-0.2, -0.15) is 15.0 Å². The highest BCUT2D eigenvalue weighted by molar-refractivity contribution is 7.17. The molecular weight excluding hydrogens is 398 g/mol. The summed E-state index contributed by atoms with van der Waals surface area (Å²) in [6.45, 7) is 2.63. The van der Waals surface area contributed by atoms with Crippen LogP contribution in [0.25, 0.3) is 15.9 Å². The average molecular weight is 420 g/mol. The predicted octanol–water partition coefficient (Wildman–Crippen LogP) is 3.95. The van der Waals surface area contributed by atoms with E-state index in [9.17, 15) is 4.79 Å². The first kappa shape index (κ1) is 18.7. The van der Waals surface area contributed by atoms with E-state index in [2.05, 4.69) is 22.1 Å². The molecule has 2 atom stereocenters. The largest absolute Gasteiger partial charge is 0.487 e. The number of hydrogen-bond acceptors (Lipinski definition) is 6. The van der Waals surface area contributed by atoms with Gasteiger partial charge in [-0.25, -0.2) is 0 Å². The number of fused-ring (bicyclic) bond motifs is 1. The summed E-state index contributed by atoms with van der Waals surface area (Å²) >= 11 is 1.62. The summed E-state index contributed by atoms with van der Waals surface area (Å²) in [5.74, 6) is 0.808. The van der Waals surface area contributed by atoms with Gasteiger partial charge in [0.15, 0.2) is 0 Å². The summed E-state index contributed by atoms with van der Waals surface area (Å²) in [4.78, 5) is 21.3. The molecule has 1 aliphatic heterocycles. The number of aromatic nitrogens is 4. The molecular formula is C22H21N5O2S. The number of rotatable bonds is 4. The Morgan fingerprint density at radius 3 is 2.80 bits per heavy atom. The van der Waals surface area contributed by atoms with Gasteiger partial charge in [-0.3, -0.25) is 9.78 Å². The minimum absolute atomic E-state index is 0.0281. The van der Waals surface area contributed by atoms with Crippen LogP contribution in [0.1, 0.15) is 30.1 Å². The van der Waals surface area contributed by atoms with Crippen LogP contribution in [0, 0.1) is 0 Å². The zero-order valence-electron chi connectivity index (χ0n) is 16.5. The van der Waals surface area contributed by atoms with Crippen LogP contribution in [0.2, 0.25) is 0 Å². The molecule has 1 amide bonds. The summed E-state index contributed by atoms with van der Waals surface area (Å²) < 4.78 is 7.39. The first-order chi connectivity index (χ1) is 14.7. The van der Waals surface area contributed by atoms with Crippen LogP contribution in [-0.2, 0) is 0 Å². The predicted molar refractivity (Wildman–Crippen MR) is 115 cm³/mol. The molecule has 4 aromatic rings. The monoisotopic (exact) mass is 419 g/mol. The van der Waals surface area contributed by atoms with Crippen LogP contribution in [0.15, 0.2) is 60.4 Å². The molecule has 0 aliphatic carbocycles. The van der Waals surface area contributed by atoms with Crippen LogP contribution >= 0.6 is 11.3 Å². The Balaban J connectivity index is 1.39. The molecule has 0 N–H and O–H groups in total. The first-order valence-electron chi connectivity index (χ1n) is 9.96. The van der Waals surface area contributed by atoms with Gasteiger partial charge in [0.05, 0.1) is 40.4 Å². The fourth-order valence-corrected chi connectivity index (χ4v) is 4.71. The van der Waals surface area contributed by atoms with E-state index in [0.29, 0.717) is 17.8 Å². The maximum atomic E-state index is 13.5. The average Bonchev–Trinajstić information content (AvgIpc) is 3.47. The second-order valence-electron chi connectivity index (χ2n) is 7.40. The van der Waals surface area contributed by atoms with Crippen LogP contribution in [0.4, 0.5) is 0 Å². The Morgan fingerprint density at radius 1 is 1.10 bits per heavy atom. The van der Waals surface area contributed by atoms with Crippen molar-refractivity contribution in [3.05, 3.63) is 65.9 Å². The molecule has 0 saturated carbocycles. The molecule has 1 saturated heterocycles. The Bertz CT molecular complexity index is 1170. The summed E-state index contributed by atoms with van der Waals surface area (Å²) in [6.07, 6.45) is 6.71. The SMILES string of the molecule is C[C@H]1CC[C@H](Oc2ccnc3ccsc23)CN1C(=O)c1ccccc1-n1nccn1. The normalized spacial score (nSPS) is 19.2. The smallest absolute Gasteiger partial charge is 0.256 e. The quantitative estimate of drug-likeness (QED) is 0.501.